The van der Waals surface area contributed by atoms with E-state index in [4.69, 9.17) is 16.6 Å². The van der Waals surface area contributed by atoms with Gasteiger partial charge in [-0.2, -0.15) is 0 Å². The van der Waals surface area contributed by atoms with Crippen LogP contribution in [0.5, 0.6) is 0 Å². The molecule has 2 rings (SSSR count). The van der Waals surface area contributed by atoms with Gasteiger partial charge in [0.1, 0.15) is 0 Å². The van der Waals surface area contributed by atoms with Crippen LogP contribution in [-0.2, 0) is 6.42 Å². The van der Waals surface area contributed by atoms with E-state index in [0.29, 0.717) is 16.6 Å². The lowest BCUT2D eigenvalue weighted by Crippen LogP contribution is -1.98. The van der Waals surface area contributed by atoms with Gasteiger partial charge in [0, 0.05) is 0 Å². The monoisotopic (exact) mass is 262 g/mol. The maximum Gasteiger partial charge on any atom is 0.284 e. The summed E-state index contributed by atoms with van der Waals surface area (Å²) in [6.07, 6.45) is 1.11. The van der Waals surface area contributed by atoms with Crippen LogP contribution in [0.2, 0.25) is 0 Å². The van der Waals surface area contributed by atoms with Crippen LogP contribution in [0.3, 0.4) is 0 Å². The second-order valence-corrected chi connectivity index (χ2v) is 5.38. The van der Waals surface area contributed by atoms with Gasteiger partial charge in [-0.05, 0) is 42.6 Å². The van der Waals surface area contributed by atoms with E-state index in [1.807, 2.05) is 0 Å². The van der Waals surface area contributed by atoms with Gasteiger partial charge in [-0.1, -0.05) is 38.1 Å². The third-order valence-electron chi connectivity index (χ3n) is 2.95. The fourth-order valence-electron chi connectivity index (χ4n) is 1.98. The summed E-state index contributed by atoms with van der Waals surface area (Å²) in [4.78, 5) is 0.327. The Morgan fingerprint density at radius 2 is 1.89 bits per heavy atom. The predicted octanol–water partition coefficient (Wildman–Crippen LogP) is 4.08. The molecule has 0 aliphatic rings. The Morgan fingerprint density at radius 1 is 1.22 bits per heavy atom. The molecule has 0 saturated heterocycles. The van der Waals surface area contributed by atoms with Gasteiger partial charge in [-0.15, -0.1) is 5.10 Å². The van der Waals surface area contributed by atoms with Crippen LogP contribution in [0, 0.1) is 10.8 Å². The minimum Gasteiger partial charge on any atom is -0.413 e. The highest BCUT2D eigenvalue weighted by Gasteiger charge is 2.13. The molecule has 96 valence electrons. The second kappa shape index (κ2) is 5.48. The molecule has 1 heterocycles. The van der Waals surface area contributed by atoms with Crippen LogP contribution >= 0.6 is 12.2 Å². The van der Waals surface area contributed by atoms with E-state index in [1.54, 1.807) is 0 Å². The highest BCUT2D eigenvalue weighted by molar-refractivity contribution is 7.71. The Hall–Kier alpha value is -1.42. The maximum atomic E-state index is 5.34. The number of nitrogens with one attached hydrogen (secondary N) is 1. The quantitative estimate of drug-likeness (QED) is 0.844. The number of nitrogens with zero attached hydrogens (tertiary/aromatic N) is 1. The first-order chi connectivity index (χ1) is 8.56. The first-order valence-electron chi connectivity index (χ1n) is 6.20. The molecule has 0 amide bonds. The summed E-state index contributed by atoms with van der Waals surface area (Å²) < 4.78 is 5.34. The van der Waals surface area contributed by atoms with Crippen LogP contribution in [0.4, 0.5) is 0 Å². The van der Waals surface area contributed by atoms with Crippen molar-refractivity contribution in [1.82, 2.24) is 10.2 Å². The molecule has 1 N–H and O–H groups in total. The molecule has 0 fully saturated rings. The Kier molecular flexibility index (Phi) is 3.97. The SMILES string of the molecule is CC(C)Cc1ccc(C(C)c2n[nH]c(=S)o2)cc1. The van der Waals surface area contributed by atoms with Gasteiger partial charge < -0.3 is 4.42 Å². The molecule has 1 atom stereocenters. The summed E-state index contributed by atoms with van der Waals surface area (Å²) in [5.41, 5.74) is 2.55. The summed E-state index contributed by atoms with van der Waals surface area (Å²) >= 11 is 4.89. The largest absolute Gasteiger partial charge is 0.413 e. The Labute approximate surface area is 112 Å². The Bertz CT molecular complexity index is 554. The highest BCUT2D eigenvalue weighted by Crippen LogP contribution is 2.23. The van der Waals surface area contributed by atoms with Crippen molar-refractivity contribution in [2.75, 3.05) is 0 Å². The van der Waals surface area contributed by atoms with Crippen molar-refractivity contribution < 1.29 is 4.42 Å². The summed E-state index contributed by atoms with van der Waals surface area (Å²) in [5.74, 6) is 1.43. The molecule has 0 spiro atoms. The van der Waals surface area contributed by atoms with E-state index in [2.05, 4.69) is 55.2 Å². The lowest BCUT2D eigenvalue weighted by Gasteiger charge is -2.09. The van der Waals surface area contributed by atoms with E-state index in [-0.39, 0.29) is 5.92 Å². The zero-order chi connectivity index (χ0) is 13.1. The van der Waals surface area contributed by atoms with Crippen molar-refractivity contribution in [2.24, 2.45) is 5.92 Å². The zero-order valence-corrected chi connectivity index (χ0v) is 11.8. The van der Waals surface area contributed by atoms with Gasteiger partial charge in [-0.25, -0.2) is 5.10 Å². The van der Waals surface area contributed by atoms with Crippen LogP contribution in [0.15, 0.2) is 28.7 Å². The van der Waals surface area contributed by atoms with Crippen molar-refractivity contribution >= 4 is 12.2 Å². The van der Waals surface area contributed by atoms with Crippen LogP contribution in [0.25, 0.3) is 0 Å². The van der Waals surface area contributed by atoms with Crippen LogP contribution in [0.1, 0.15) is 43.7 Å². The molecule has 3 nitrogen and oxygen atoms in total. The van der Waals surface area contributed by atoms with E-state index in [0.717, 1.165) is 6.42 Å². The molecule has 0 aliphatic heterocycles. The molecule has 4 heteroatoms. The molecule has 0 saturated carbocycles. The number of hydrogen-bond acceptors (Lipinski definition) is 3. The van der Waals surface area contributed by atoms with Gasteiger partial charge >= 0.3 is 0 Å². The van der Waals surface area contributed by atoms with E-state index >= 15 is 0 Å². The molecule has 1 aromatic heterocycles. The lowest BCUT2D eigenvalue weighted by atomic mass is 9.97. The average Bonchev–Trinajstić information content (AvgIpc) is 2.75. The first-order valence-corrected chi connectivity index (χ1v) is 6.61. The van der Waals surface area contributed by atoms with Crippen molar-refractivity contribution in [3.8, 4) is 0 Å². The molecule has 2 aromatic rings. The zero-order valence-electron chi connectivity index (χ0n) is 10.9. The minimum atomic E-state index is 0.117. The molecule has 1 aromatic carbocycles. The second-order valence-electron chi connectivity index (χ2n) is 5.01. The van der Waals surface area contributed by atoms with Crippen molar-refractivity contribution in [3.05, 3.63) is 46.1 Å². The fourth-order valence-corrected chi connectivity index (χ4v) is 2.11. The summed E-state index contributed by atoms with van der Waals surface area (Å²) in [6, 6.07) is 8.62. The molecule has 0 radical (unpaired) electrons. The minimum absolute atomic E-state index is 0.117. The van der Waals surface area contributed by atoms with Crippen molar-refractivity contribution in [3.63, 3.8) is 0 Å². The molecule has 1 unspecified atom stereocenters. The topological polar surface area (TPSA) is 41.8 Å². The third kappa shape index (κ3) is 3.07. The fraction of sp³-hybridized carbons (Fsp3) is 0.429. The molecular formula is C14H18N2OS. The normalized spacial score (nSPS) is 12.9. The maximum absolute atomic E-state index is 5.34. The predicted molar refractivity (Wildman–Crippen MR) is 74.2 cm³/mol. The number of benzene rings is 1. The number of H-pyrrole nitrogens is 1. The third-order valence-corrected chi connectivity index (χ3v) is 3.12. The highest BCUT2D eigenvalue weighted by atomic mass is 32.1. The number of rotatable bonds is 4. The Balaban J connectivity index is 2.16. The van der Waals surface area contributed by atoms with Gasteiger partial charge in [0.2, 0.25) is 5.89 Å². The van der Waals surface area contributed by atoms with E-state index in [1.165, 1.54) is 11.1 Å². The van der Waals surface area contributed by atoms with Gasteiger partial charge in [-0.3, -0.25) is 0 Å². The van der Waals surface area contributed by atoms with Crippen LogP contribution < -0.4 is 0 Å². The Morgan fingerprint density at radius 3 is 2.39 bits per heavy atom. The van der Waals surface area contributed by atoms with Gasteiger partial charge in [0.15, 0.2) is 0 Å². The average molecular weight is 262 g/mol. The van der Waals surface area contributed by atoms with Crippen molar-refractivity contribution in [1.29, 1.82) is 0 Å². The van der Waals surface area contributed by atoms with E-state index in [9.17, 15) is 0 Å². The van der Waals surface area contributed by atoms with Gasteiger partial charge in [0.05, 0.1) is 5.92 Å². The van der Waals surface area contributed by atoms with E-state index < -0.39 is 0 Å². The van der Waals surface area contributed by atoms with Crippen molar-refractivity contribution in [2.45, 2.75) is 33.1 Å². The molecule has 0 aliphatic carbocycles. The number of aromatic nitrogens is 2. The van der Waals surface area contributed by atoms with Gasteiger partial charge in [0.25, 0.3) is 4.84 Å². The smallest absolute Gasteiger partial charge is 0.284 e. The standard InChI is InChI=1S/C14H18N2OS/c1-9(2)8-11-4-6-12(7-5-11)10(3)13-15-16-14(18)17-13/h4-7,9-10H,8H2,1-3H3,(H,16,18). The molecule has 0 bridgehead atoms. The molecular weight excluding hydrogens is 244 g/mol. The van der Waals surface area contributed by atoms with Crippen LogP contribution in [-0.4, -0.2) is 10.2 Å². The molecule has 18 heavy (non-hydrogen) atoms. The summed E-state index contributed by atoms with van der Waals surface area (Å²) in [7, 11) is 0. The number of hydrogen-bond donors (Lipinski definition) is 1. The lowest BCUT2D eigenvalue weighted by molar-refractivity contribution is 0.467. The summed E-state index contributed by atoms with van der Waals surface area (Å²) in [5, 5.41) is 6.72. The summed E-state index contributed by atoms with van der Waals surface area (Å²) in [6.45, 7) is 6.51. The number of aromatic amines is 1. The first kappa shape index (κ1) is 13.0.